The smallest absolute Gasteiger partial charge is 0.246 e. The molecule has 3 aromatic rings. The van der Waals surface area contributed by atoms with Crippen molar-refractivity contribution in [1.29, 1.82) is 0 Å². The maximum atomic E-state index is 12.4. The van der Waals surface area contributed by atoms with E-state index < -0.39 is 0 Å². The van der Waals surface area contributed by atoms with Crippen molar-refractivity contribution in [3.05, 3.63) is 60.3 Å². The largest absolute Gasteiger partial charge is 0.324 e. The molecule has 0 radical (unpaired) electrons. The molecule has 0 bridgehead atoms. The van der Waals surface area contributed by atoms with Crippen LogP contribution in [0.1, 0.15) is 11.6 Å². The summed E-state index contributed by atoms with van der Waals surface area (Å²) in [5.74, 6) is -0.0912. The fourth-order valence-corrected chi connectivity index (χ4v) is 2.33. The van der Waals surface area contributed by atoms with Crippen LogP contribution < -0.4 is 10.6 Å². The lowest BCUT2D eigenvalue weighted by atomic mass is 10.1. The van der Waals surface area contributed by atoms with Gasteiger partial charge in [0.05, 0.1) is 11.7 Å². The van der Waals surface area contributed by atoms with Gasteiger partial charge in [-0.1, -0.05) is 30.3 Å². The van der Waals surface area contributed by atoms with E-state index >= 15 is 0 Å². The number of hydrogen-bond donors (Lipinski definition) is 3. The Balaban J connectivity index is 1.81. The van der Waals surface area contributed by atoms with E-state index in [-0.39, 0.29) is 11.9 Å². The Morgan fingerprint density at radius 1 is 1.19 bits per heavy atom. The van der Waals surface area contributed by atoms with Gasteiger partial charge in [0.2, 0.25) is 5.91 Å². The van der Waals surface area contributed by atoms with E-state index in [1.54, 1.807) is 13.2 Å². The van der Waals surface area contributed by atoms with E-state index in [1.807, 2.05) is 48.5 Å². The highest BCUT2D eigenvalue weighted by molar-refractivity contribution is 5.97. The molecule has 1 unspecified atom stereocenters. The topological polar surface area (TPSA) is 69.8 Å². The summed E-state index contributed by atoms with van der Waals surface area (Å²) in [5.41, 5.74) is 2.63. The summed E-state index contributed by atoms with van der Waals surface area (Å²) >= 11 is 0. The van der Waals surface area contributed by atoms with E-state index in [9.17, 15) is 4.79 Å². The second-order valence-corrected chi connectivity index (χ2v) is 4.79. The van der Waals surface area contributed by atoms with Crippen LogP contribution >= 0.6 is 0 Å². The highest BCUT2D eigenvalue weighted by atomic mass is 16.2. The number of H-pyrrole nitrogens is 1. The number of likely N-dealkylation sites (N-methyl/N-ethyl adjacent to an activating group) is 1. The van der Waals surface area contributed by atoms with E-state index in [4.69, 9.17) is 0 Å². The first kappa shape index (κ1) is 13.3. The molecule has 3 N–H and O–H groups in total. The number of carbonyl (C=O) groups is 1. The molecule has 3 rings (SSSR count). The molecular formula is C16H16N4O. The first-order valence-electron chi connectivity index (χ1n) is 6.74. The molecule has 1 atom stereocenters. The lowest BCUT2D eigenvalue weighted by Gasteiger charge is -2.16. The van der Waals surface area contributed by atoms with E-state index in [1.165, 1.54) is 0 Å². The molecule has 0 aliphatic heterocycles. The molecule has 0 saturated carbocycles. The number of aromatic nitrogens is 2. The van der Waals surface area contributed by atoms with Gasteiger partial charge in [0.25, 0.3) is 0 Å². The number of nitrogens with one attached hydrogen (secondary N) is 3. The third-order valence-corrected chi connectivity index (χ3v) is 3.39. The molecular weight excluding hydrogens is 264 g/mol. The molecule has 106 valence electrons. The van der Waals surface area contributed by atoms with Crippen molar-refractivity contribution in [2.24, 2.45) is 0 Å². The van der Waals surface area contributed by atoms with E-state index in [0.717, 1.165) is 22.2 Å². The zero-order valence-electron chi connectivity index (χ0n) is 11.6. The minimum absolute atomic E-state index is 0.0912. The van der Waals surface area contributed by atoms with Crippen LogP contribution in [0.5, 0.6) is 0 Å². The molecule has 0 saturated heterocycles. The van der Waals surface area contributed by atoms with Gasteiger partial charge >= 0.3 is 0 Å². The average Bonchev–Trinajstić information content (AvgIpc) is 2.96. The number of fused-ring (bicyclic) bond motifs is 1. The van der Waals surface area contributed by atoms with Crippen molar-refractivity contribution in [1.82, 2.24) is 15.5 Å². The van der Waals surface area contributed by atoms with Gasteiger partial charge in [-0.25, -0.2) is 0 Å². The molecule has 0 fully saturated rings. The number of benzene rings is 2. The average molecular weight is 280 g/mol. The van der Waals surface area contributed by atoms with Crippen molar-refractivity contribution in [2.45, 2.75) is 6.04 Å². The van der Waals surface area contributed by atoms with Gasteiger partial charge in [0.1, 0.15) is 6.04 Å². The summed E-state index contributed by atoms with van der Waals surface area (Å²) in [7, 11) is 1.77. The summed E-state index contributed by atoms with van der Waals surface area (Å²) in [6, 6.07) is 14.9. The Bertz CT molecular complexity index is 751. The summed E-state index contributed by atoms with van der Waals surface area (Å²) < 4.78 is 0. The highest BCUT2D eigenvalue weighted by Gasteiger charge is 2.18. The van der Waals surface area contributed by atoms with Crippen molar-refractivity contribution < 1.29 is 4.79 Å². The van der Waals surface area contributed by atoms with Crippen LogP contribution in [-0.4, -0.2) is 23.2 Å². The Morgan fingerprint density at radius 2 is 2.00 bits per heavy atom. The molecule has 1 heterocycles. The van der Waals surface area contributed by atoms with Gasteiger partial charge in [0, 0.05) is 11.1 Å². The molecule has 5 heteroatoms. The van der Waals surface area contributed by atoms with Crippen LogP contribution in [0, 0.1) is 0 Å². The van der Waals surface area contributed by atoms with Gasteiger partial charge in [-0.3, -0.25) is 9.89 Å². The Labute approximate surface area is 122 Å². The van der Waals surface area contributed by atoms with Crippen molar-refractivity contribution in [3.63, 3.8) is 0 Å². The van der Waals surface area contributed by atoms with Crippen LogP contribution in [0.2, 0.25) is 0 Å². The van der Waals surface area contributed by atoms with Crippen LogP contribution in [0.15, 0.2) is 54.7 Å². The zero-order chi connectivity index (χ0) is 14.7. The number of anilines is 1. The standard InChI is InChI=1S/C16H16N4O/c1-17-15(11-5-3-2-4-6-11)16(21)19-13-7-8-14-12(9-13)10-18-20-14/h2-10,15,17H,1H3,(H,18,20)(H,19,21). The Morgan fingerprint density at radius 3 is 2.76 bits per heavy atom. The quantitative estimate of drug-likeness (QED) is 0.687. The number of aromatic amines is 1. The normalized spacial score (nSPS) is 12.2. The van der Waals surface area contributed by atoms with Gasteiger partial charge in [-0.2, -0.15) is 5.10 Å². The minimum Gasteiger partial charge on any atom is -0.324 e. The number of carbonyl (C=O) groups excluding carboxylic acids is 1. The Kier molecular flexibility index (Phi) is 3.66. The maximum absolute atomic E-state index is 12.4. The second-order valence-electron chi connectivity index (χ2n) is 4.79. The van der Waals surface area contributed by atoms with E-state index in [0.29, 0.717) is 0 Å². The number of hydrogen-bond acceptors (Lipinski definition) is 3. The molecule has 2 aromatic carbocycles. The fourth-order valence-electron chi connectivity index (χ4n) is 2.33. The van der Waals surface area contributed by atoms with Crippen molar-refractivity contribution in [3.8, 4) is 0 Å². The fraction of sp³-hybridized carbons (Fsp3) is 0.125. The van der Waals surface area contributed by atoms with Crippen molar-refractivity contribution >= 4 is 22.5 Å². The van der Waals surface area contributed by atoms with Crippen LogP contribution in [0.4, 0.5) is 5.69 Å². The first-order chi connectivity index (χ1) is 10.3. The predicted molar refractivity (Wildman–Crippen MR) is 83.0 cm³/mol. The minimum atomic E-state index is -0.383. The number of rotatable bonds is 4. The third-order valence-electron chi connectivity index (χ3n) is 3.39. The Hall–Kier alpha value is -2.66. The zero-order valence-corrected chi connectivity index (χ0v) is 11.6. The lowest BCUT2D eigenvalue weighted by Crippen LogP contribution is -2.30. The predicted octanol–water partition coefficient (Wildman–Crippen LogP) is 2.46. The maximum Gasteiger partial charge on any atom is 0.246 e. The SMILES string of the molecule is CNC(C(=O)Nc1ccc2[nH]ncc2c1)c1ccccc1. The molecule has 1 amide bonds. The van der Waals surface area contributed by atoms with Gasteiger partial charge in [0.15, 0.2) is 0 Å². The number of nitrogens with zero attached hydrogens (tertiary/aromatic N) is 1. The van der Waals surface area contributed by atoms with Crippen LogP contribution in [0.25, 0.3) is 10.9 Å². The molecule has 5 nitrogen and oxygen atoms in total. The molecule has 21 heavy (non-hydrogen) atoms. The monoisotopic (exact) mass is 280 g/mol. The molecule has 0 aliphatic rings. The molecule has 0 aliphatic carbocycles. The van der Waals surface area contributed by atoms with Gasteiger partial charge in [-0.05, 0) is 30.8 Å². The van der Waals surface area contributed by atoms with Crippen LogP contribution in [0.3, 0.4) is 0 Å². The lowest BCUT2D eigenvalue weighted by molar-refractivity contribution is -0.118. The number of amides is 1. The highest BCUT2D eigenvalue weighted by Crippen LogP contribution is 2.19. The second kappa shape index (κ2) is 5.76. The molecule has 1 aromatic heterocycles. The van der Waals surface area contributed by atoms with Crippen molar-refractivity contribution in [2.75, 3.05) is 12.4 Å². The van der Waals surface area contributed by atoms with Crippen LogP contribution in [-0.2, 0) is 4.79 Å². The molecule has 0 spiro atoms. The first-order valence-corrected chi connectivity index (χ1v) is 6.74. The summed E-state index contributed by atoms with van der Waals surface area (Å²) in [6.45, 7) is 0. The summed E-state index contributed by atoms with van der Waals surface area (Å²) in [4.78, 5) is 12.4. The summed E-state index contributed by atoms with van der Waals surface area (Å²) in [6.07, 6.45) is 1.73. The van der Waals surface area contributed by atoms with Gasteiger partial charge < -0.3 is 10.6 Å². The van der Waals surface area contributed by atoms with E-state index in [2.05, 4.69) is 20.8 Å². The summed E-state index contributed by atoms with van der Waals surface area (Å²) in [5, 5.41) is 13.8. The van der Waals surface area contributed by atoms with Gasteiger partial charge in [-0.15, -0.1) is 0 Å². The third kappa shape index (κ3) is 2.78.